The van der Waals surface area contributed by atoms with Crippen LogP contribution in [0.3, 0.4) is 0 Å². The minimum absolute atomic E-state index is 0.0379. The van der Waals surface area contributed by atoms with Gasteiger partial charge in [0, 0.05) is 11.9 Å². The van der Waals surface area contributed by atoms with Gasteiger partial charge >= 0.3 is 0 Å². The molecule has 0 amide bonds. The lowest BCUT2D eigenvalue weighted by atomic mass is 10.2. The third-order valence-electron chi connectivity index (χ3n) is 4.07. The number of aromatic nitrogens is 4. The summed E-state index contributed by atoms with van der Waals surface area (Å²) in [7, 11) is 1.72. The summed E-state index contributed by atoms with van der Waals surface area (Å²) in [5, 5.41) is 3.16. The number of thioether (sulfide) groups is 1. The summed E-state index contributed by atoms with van der Waals surface area (Å²) in [6, 6.07) is 1.83. The molecular weight excluding hydrogens is 376 g/mol. The van der Waals surface area contributed by atoms with Gasteiger partial charge in [0.1, 0.15) is 15.4 Å². The van der Waals surface area contributed by atoms with E-state index in [9.17, 15) is 9.59 Å². The predicted octanol–water partition coefficient (Wildman–Crippen LogP) is 3.20. The highest BCUT2D eigenvalue weighted by Crippen LogP contribution is 2.28. The largest absolute Gasteiger partial charge is 0.309 e. The van der Waals surface area contributed by atoms with E-state index in [2.05, 4.69) is 15.0 Å². The van der Waals surface area contributed by atoms with Crippen LogP contribution in [0.4, 0.5) is 0 Å². The van der Waals surface area contributed by atoms with Crippen LogP contribution in [0.25, 0.3) is 20.4 Å². The summed E-state index contributed by atoms with van der Waals surface area (Å²) in [6.07, 6.45) is 0. The molecule has 25 heavy (non-hydrogen) atoms. The third kappa shape index (κ3) is 2.72. The van der Waals surface area contributed by atoms with Crippen LogP contribution in [-0.4, -0.2) is 19.5 Å². The maximum absolute atomic E-state index is 12.6. The Kier molecular flexibility index (Phi) is 4.01. The molecule has 128 valence electrons. The molecule has 6 nitrogen and oxygen atoms in total. The van der Waals surface area contributed by atoms with Crippen molar-refractivity contribution >= 4 is 54.9 Å². The molecule has 1 N–H and O–H groups in total. The Bertz CT molecular complexity index is 1230. The average Bonchev–Trinajstić information content (AvgIpc) is 3.15. The predicted molar refractivity (Wildman–Crippen MR) is 104 cm³/mol. The number of H-pyrrole nitrogens is 1. The summed E-state index contributed by atoms with van der Waals surface area (Å²) in [4.78, 5) is 38.4. The normalized spacial score (nSPS) is 11.6. The summed E-state index contributed by atoms with van der Waals surface area (Å²) in [5.41, 5.74) is 1.53. The fraction of sp³-hybridized carbons (Fsp3) is 0.250. The first-order valence-corrected chi connectivity index (χ1v) is 10.2. The van der Waals surface area contributed by atoms with Gasteiger partial charge in [0.2, 0.25) is 0 Å². The van der Waals surface area contributed by atoms with E-state index in [1.807, 2.05) is 25.3 Å². The van der Waals surface area contributed by atoms with Crippen molar-refractivity contribution in [3.05, 3.63) is 48.4 Å². The number of nitrogens with one attached hydrogen (secondary N) is 1. The number of hydrogen-bond donors (Lipinski definition) is 1. The summed E-state index contributed by atoms with van der Waals surface area (Å²) in [5.74, 6) is 1.02. The lowest BCUT2D eigenvalue weighted by molar-refractivity contribution is 0.727. The molecule has 9 heteroatoms. The Morgan fingerprint density at radius 1 is 1.28 bits per heavy atom. The number of hydrogen-bond acceptors (Lipinski definition) is 7. The molecule has 0 bridgehead atoms. The van der Waals surface area contributed by atoms with Gasteiger partial charge in [0.15, 0.2) is 5.16 Å². The zero-order valence-electron chi connectivity index (χ0n) is 13.7. The fourth-order valence-corrected chi connectivity index (χ4v) is 5.25. The lowest BCUT2D eigenvalue weighted by Gasteiger charge is -2.07. The molecule has 4 aromatic heterocycles. The first kappa shape index (κ1) is 16.5. The average molecular weight is 391 g/mol. The van der Waals surface area contributed by atoms with E-state index in [0.717, 1.165) is 15.3 Å². The van der Waals surface area contributed by atoms with E-state index in [1.54, 1.807) is 11.6 Å². The van der Waals surface area contributed by atoms with E-state index >= 15 is 0 Å². The van der Waals surface area contributed by atoms with Crippen molar-refractivity contribution in [2.45, 2.75) is 24.8 Å². The van der Waals surface area contributed by atoms with Crippen LogP contribution in [0.2, 0.25) is 0 Å². The monoisotopic (exact) mass is 390 g/mol. The first-order valence-electron chi connectivity index (χ1n) is 7.51. The quantitative estimate of drug-likeness (QED) is 0.429. The molecule has 0 aromatic carbocycles. The molecule has 0 aliphatic rings. The highest BCUT2D eigenvalue weighted by Gasteiger charge is 2.15. The summed E-state index contributed by atoms with van der Waals surface area (Å²) < 4.78 is 2.19. The third-order valence-corrected chi connectivity index (χ3v) is 7.12. The van der Waals surface area contributed by atoms with Gasteiger partial charge < -0.3 is 4.98 Å². The number of thiophene rings is 2. The number of fused-ring (bicyclic) bond motifs is 2. The Labute approximate surface area is 154 Å². The zero-order chi connectivity index (χ0) is 17.7. The summed E-state index contributed by atoms with van der Waals surface area (Å²) in [6.45, 7) is 3.95. The molecule has 0 unspecified atom stereocenters. The minimum Gasteiger partial charge on any atom is -0.309 e. The van der Waals surface area contributed by atoms with Crippen LogP contribution < -0.4 is 11.1 Å². The zero-order valence-corrected chi connectivity index (χ0v) is 16.2. The second-order valence-electron chi connectivity index (χ2n) is 5.66. The number of aromatic amines is 1. The molecule has 0 saturated heterocycles. The first-order chi connectivity index (χ1) is 12.0. The Balaban J connectivity index is 1.71. The van der Waals surface area contributed by atoms with Crippen LogP contribution in [0.1, 0.15) is 16.3 Å². The highest BCUT2D eigenvalue weighted by molar-refractivity contribution is 7.98. The van der Waals surface area contributed by atoms with E-state index in [0.29, 0.717) is 32.3 Å². The topological polar surface area (TPSA) is 80.6 Å². The van der Waals surface area contributed by atoms with Crippen LogP contribution in [0, 0.1) is 13.8 Å². The molecule has 4 heterocycles. The maximum atomic E-state index is 12.6. The SMILES string of the molecule is Cc1sc2nc(SCc3nc4ccsc4c(=O)[nH]3)n(C)c(=O)c2c1C. The summed E-state index contributed by atoms with van der Waals surface area (Å²) >= 11 is 4.30. The van der Waals surface area contributed by atoms with Gasteiger partial charge in [0.25, 0.3) is 11.1 Å². The van der Waals surface area contributed by atoms with Crippen molar-refractivity contribution in [2.24, 2.45) is 7.05 Å². The number of rotatable bonds is 3. The van der Waals surface area contributed by atoms with E-state index in [4.69, 9.17) is 0 Å². The van der Waals surface area contributed by atoms with E-state index in [-0.39, 0.29) is 11.1 Å². The molecule has 0 aliphatic carbocycles. The maximum Gasteiger partial charge on any atom is 0.268 e. The van der Waals surface area contributed by atoms with Gasteiger partial charge in [0.05, 0.1) is 16.7 Å². The van der Waals surface area contributed by atoms with Crippen molar-refractivity contribution in [2.75, 3.05) is 0 Å². The van der Waals surface area contributed by atoms with Gasteiger partial charge in [-0.05, 0) is 30.9 Å². The van der Waals surface area contributed by atoms with Crippen molar-refractivity contribution < 1.29 is 0 Å². The van der Waals surface area contributed by atoms with Crippen LogP contribution in [0.5, 0.6) is 0 Å². The molecule has 0 spiro atoms. The van der Waals surface area contributed by atoms with Gasteiger partial charge in [-0.1, -0.05) is 11.8 Å². The highest BCUT2D eigenvalue weighted by atomic mass is 32.2. The van der Waals surface area contributed by atoms with Crippen LogP contribution >= 0.6 is 34.4 Å². The molecule has 0 atom stereocenters. The molecule has 4 rings (SSSR count). The molecule has 0 fully saturated rings. The number of nitrogens with zero attached hydrogens (tertiary/aromatic N) is 3. The second kappa shape index (κ2) is 6.08. The Morgan fingerprint density at radius 3 is 2.88 bits per heavy atom. The van der Waals surface area contributed by atoms with Gasteiger partial charge in [-0.3, -0.25) is 14.2 Å². The molecule has 0 aliphatic heterocycles. The number of aryl methyl sites for hydroxylation is 2. The Hall–Kier alpha value is -1.97. The Morgan fingerprint density at radius 2 is 2.08 bits per heavy atom. The standard InChI is InChI=1S/C16H14N4O2S3/c1-7-8(2)25-14-11(7)15(22)20(3)16(19-14)24-6-10-17-9-4-5-23-12(9)13(21)18-10/h4-5H,6H2,1-3H3,(H,17,18,21). The molecule has 4 aromatic rings. The fourth-order valence-electron chi connectivity index (χ4n) is 2.61. The van der Waals surface area contributed by atoms with Crippen molar-refractivity contribution in [1.82, 2.24) is 19.5 Å². The second-order valence-corrected chi connectivity index (χ2v) is 8.72. The van der Waals surface area contributed by atoms with Crippen molar-refractivity contribution in [3.63, 3.8) is 0 Å². The minimum atomic E-state index is -0.127. The van der Waals surface area contributed by atoms with Crippen LogP contribution in [0.15, 0.2) is 26.2 Å². The molecule has 0 radical (unpaired) electrons. The van der Waals surface area contributed by atoms with Gasteiger partial charge in [-0.2, -0.15) is 0 Å². The van der Waals surface area contributed by atoms with Crippen molar-refractivity contribution in [1.29, 1.82) is 0 Å². The van der Waals surface area contributed by atoms with E-state index in [1.165, 1.54) is 34.4 Å². The van der Waals surface area contributed by atoms with Gasteiger partial charge in [-0.15, -0.1) is 22.7 Å². The van der Waals surface area contributed by atoms with Crippen molar-refractivity contribution in [3.8, 4) is 0 Å². The molecular formula is C16H14N4O2S3. The van der Waals surface area contributed by atoms with E-state index < -0.39 is 0 Å². The van der Waals surface area contributed by atoms with Crippen LogP contribution in [-0.2, 0) is 12.8 Å². The smallest absolute Gasteiger partial charge is 0.268 e. The molecule has 0 saturated carbocycles. The van der Waals surface area contributed by atoms with Gasteiger partial charge in [-0.25, -0.2) is 9.97 Å². The lowest BCUT2D eigenvalue weighted by Crippen LogP contribution is -2.20.